The third kappa shape index (κ3) is 12.1. The van der Waals surface area contributed by atoms with Crippen molar-refractivity contribution in [2.75, 3.05) is 14.7 Å². The quantitative estimate of drug-likeness (QED) is 0.117. The molecule has 0 amide bonds. The molecule has 0 aliphatic carbocycles. The van der Waals surface area contributed by atoms with Gasteiger partial charge >= 0.3 is 0 Å². The van der Waals surface area contributed by atoms with Gasteiger partial charge in [-0.1, -0.05) is 277 Å². The Kier molecular flexibility index (Phi) is 18.0. The summed E-state index contributed by atoms with van der Waals surface area (Å²) in [5, 5.41) is 9.54. The number of hydrogen-bond donors (Lipinski definition) is 0. The average molecular weight is 1780 g/mol. The van der Waals surface area contributed by atoms with Gasteiger partial charge in [0.2, 0.25) is 23.3 Å². The van der Waals surface area contributed by atoms with Crippen LogP contribution in [0, 0.1) is 0 Å². The van der Waals surface area contributed by atoms with Crippen LogP contribution in [-0.4, -0.2) is 84.1 Å². The molecule has 0 spiro atoms. The van der Waals surface area contributed by atoms with Crippen molar-refractivity contribution < 1.29 is 13.3 Å². The van der Waals surface area contributed by atoms with E-state index in [9.17, 15) is 0 Å². The van der Waals surface area contributed by atoms with Crippen LogP contribution in [0.25, 0.3) is 140 Å². The zero-order valence-corrected chi connectivity index (χ0v) is 73.3. The molecular weight excluding hydrogens is 1710 g/mol. The van der Waals surface area contributed by atoms with Crippen LogP contribution >= 0.6 is 34.0 Å². The van der Waals surface area contributed by atoms with Crippen molar-refractivity contribution in [3.05, 3.63) is 395 Å². The van der Waals surface area contributed by atoms with Crippen molar-refractivity contribution in [3.63, 3.8) is 0 Å². The number of benzene rings is 11. The van der Waals surface area contributed by atoms with Gasteiger partial charge in [-0.05, 0) is 108 Å². The number of fused-ring (bicyclic) bond motifs is 24. The molecule has 0 fully saturated rings. The summed E-state index contributed by atoms with van der Waals surface area (Å²) in [5.41, 5.74) is 22.8. The van der Waals surface area contributed by atoms with Gasteiger partial charge in [-0.2, -0.15) is 9.97 Å². The van der Waals surface area contributed by atoms with Crippen LogP contribution in [0.2, 0.25) is 0 Å². The van der Waals surface area contributed by atoms with Crippen LogP contribution in [0.3, 0.4) is 0 Å². The largest absolute Gasteiger partial charge is 0.450 e. The predicted molar refractivity (Wildman–Crippen MR) is 547 cm³/mol. The van der Waals surface area contributed by atoms with Gasteiger partial charge in [0.15, 0.2) is 23.3 Å². The molecule has 29 rings (SSSR count). The van der Waals surface area contributed by atoms with Gasteiger partial charge in [0.25, 0.3) is 20.1 Å². The Labute approximate surface area is 776 Å². The first-order valence-corrected chi connectivity index (χ1v) is 46.6. The van der Waals surface area contributed by atoms with Crippen LogP contribution in [0.15, 0.2) is 409 Å². The smallest absolute Gasteiger partial charge is 0.297 e. The zero-order chi connectivity index (χ0) is 88.0. The van der Waals surface area contributed by atoms with Gasteiger partial charge in [0.1, 0.15) is 40.9 Å². The van der Waals surface area contributed by atoms with Crippen molar-refractivity contribution in [1.29, 1.82) is 0 Å². The number of pyridine rings is 4. The van der Waals surface area contributed by atoms with E-state index < -0.39 is 0 Å². The molecule has 3 aliphatic rings. The monoisotopic (exact) mass is 1770 g/mol. The van der Waals surface area contributed by atoms with E-state index in [1.54, 1.807) is 59.1 Å². The minimum absolute atomic E-state index is 0.0717. The molecule has 18 heterocycles. The molecule has 0 atom stereocenters. The summed E-state index contributed by atoms with van der Waals surface area (Å²) < 4.78 is 30.3. The number of nitrogens with zero attached hydrogens (tertiary/aromatic N) is 16. The van der Waals surface area contributed by atoms with E-state index in [0.29, 0.717) is 29.0 Å². The fourth-order valence-electron chi connectivity index (χ4n) is 20.1. The summed E-state index contributed by atoms with van der Waals surface area (Å²) in [4.78, 5) is 61.2. The Bertz CT molecular complexity index is 8610. The van der Waals surface area contributed by atoms with Crippen molar-refractivity contribution >= 4 is 261 Å². The van der Waals surface area contributed by atoms with E-state index >= 15 is 0 Å². The lowest BCUT2D eigenvalue weighted by molar-refractivity contribution is 0.615. The van der Waals surface area contributed by atoms with Gasteiger partial charge in [-0.25, -0.2) is 44.9 Å². The molecule has 26 aromatic rings. The second-order valence-electron chi connectivity index (χ2n) is 33.0. The first kappa shape index (κ1) is 76.9. The summed E-state index contributed by atoms with van der Waals surface area (Å²) in [7, 11) is 0. The standard InChI is InChI=1S/C47H31BN8.C31H17BN4O2S.C31H17BN4OS2/c1-6-18-32(19-7-1)43-51-44(33-20-8-2-9-21-33)53-47(52-43)56-39-37-28-16-30-49-45(37)54(35-24-12-4-13-25-35)41(39)48(34-22-10-3-11-23-34)42-40(56)38-29-17-31-50-46(38)55(42)36-26-14-5-15-27-36;1-2-9-18(10-3-1)32-24-19-11-4-6-14-22(19)37-31(24)36(26-21-13-8-16-33-30(21)38-28(26)32)29-27-25(34-17-35-29)20-12-5-7-15-23(20)39-27;1-2-9-18(10-3-1)32-24-19-11-4-6-14-22(19)39-31(24)36(26-21-13-8-16-33-30(21)37-28(26)32)29-27-25(34-17-35-29)20-12-5-7-15-23(20)38-27/h1-31H;2*1-17H. The lowest BCUT2D eigenvalue weighted by Crippen LogP contribution is -2.61. The summed E-state index contributed by atoms with van der Waals surface area (Å²) >= 11 is 5.22. The van der Waals surface area contributed by atoms with Crippen LogP contribution in [0.1, 0.15) is 0 Å². The maximum absolute atomic E-state index is 6.72. The van der Waals surface area contributed by atoms with Crippen LogP contribution in [0.4, 0.5) is 51.2 Å². The highest BCUT2D eigenvalue weighted by Gasteiger charge is 2.49. The van der Waals surface area contributed by atoms with Gasteiger partial charge in [-0.3, -0.25) is 14.7 Å². The minimum Gasteiger partial charge on any atom is -0.450 e. The second kappa shape index (κ2) is 31.3. The number of aromatic nitrogens is 13. The van der Waals surface area contributed by atoms with Gasteiger partial charge < -0.3 is 22.4 Å². The first-order valence-electron chi connectivity index (χ1n) is 44.1. The van der Waals surface area contributed by atoms with Gasteiger partial charge in [0.05, 0.1) is 59.0 Å². The number of thiophene rings is 3. The van der Waals surface area contributed by atoms with E-state index in [4.69, 9.17) is 58.1 Å². The van der Waals surface area contributed by atoms with Crippen molar-refractivity contribution in [3.8, 4) is 34.2 Å². The molecule has 0 saturated heterocycles. The predicted octanol–water partition coefficient (Wildman–Crippen LogP) is 20.7. The molecule has 25 heteroatoms. The zero-order valence-electron chi connectivity index (χ0n) is 70.9. The normalized spacial score (nSPS) is 12.7. The highest BCUT2D eigenvalue weighted by atomic mass is 32.1. The maximum atomic E-state index is 6.72. The molecule has 19 nitrogen and oxygen atoms in total. The Hall–Kier alpha value is -17.1. The average Bonchev–Trinajstić information content (AvgIpc) is 1.51. The molecule has 0 unspecified atom stereocenters. The molecule has 15 aromatic heterocycles. The SMILES string of the molecule is c1ccc(B2c3c(c4cccnc4n3-c3ccccc3)N(c3nc(-c4ccccc4)nc(-c4ccccc4)n3)c3c2n(-c2ccccc2)c2ncccc32)cc1.c1ccc(B2c3oc4ncccc4c3N(c3ncnc4c3sc3ccccc34)c3oc4ccccc4c32)cc1.c1ccc(B2c3oc4ncccc4c3N(c3ncnc4c3sc3ccccc34)c3sc4ccccc4c32)cc1. The molecule has 0 bridgehead atoms. The molecule has 134 heavy (non-hydrogen) atoms. The van der Waals surface area contributed by atoms with Gasteiger partial charge in [-0.15, -0.1) is 34.0 Å². The molecule has 11 aromatic carbocycles. The third-order valence-electron chi connectivity index (χ3n) is 25.6. The number of anilines is 9. The highest BCUT2D eigenvalue weighted by molar-refractivity contribution is 7.28. The Morgan fingerprint density at radius 3 is 1.16 bits per heavy atom. The molecule has 0 radical (unpaired) electrons. The van der Waals surface area contributed by atoms with Crippen LogP contribution < -0.4 is 64.5 Å². The number of rotatable bonds is 10. The fraction of sp³-hybridized carbons (Fsp3) is 0. The Balaban J connectivity index is 0.000000105. The molecule has 0 saturated carbocycles. The van der Waals surface area contributed by atoms with E-state index in [1.165, 1.54) is 25.7 Å². The molecule has 626 valence electrons. The van der Waals surface area contributed by atoms with Crippen LogP contribution in [0.5, 0.6) is 0 Å². The summed E-state index contributed by atoms with van der Waals surface area (Å²) in [5.74, 6) is 4.03. The molecule has 0 N–H and O–H groups in total. The Morgan fingerprint density at radius 2 is 0.664 bits per heavy atom. The first-order chi connectivity index (χ1) is 66.6. The summed E-state index contributed by atoms with van der Waals surface area (Å²) in [6.45, 7) is -0.507. The van der Waals surface area contributed by atoms with E-state index in [2.05, 4.69) is 270 Å². The van der Waals surface area contributed by atoms with E-state index in [-0.39, 0.29) is 20.1 Å². The number of hydrogen-bond acceptors (Lipinski definition) is 20. The van der Waals surface area contributed by atoms with E-state index in [0.717, 1.165) is 186 Å². The highest BCUT2D eigenvalue weighted by Crippen LogP contribution is 2.52. The van der Waals surface area contributed by atoms with Crippen molar-refractivity contribution in [1.82, 2.24) is 64.0 Å². The summed E-state index contributed by atoms with van der Waals surface area (Å²) in [6.07, 6.45) is 10.6. The maximum Gasteiger partial charge on any atom is 0.297 e. The van der Waals surface area contributed by atoms with Crippen LogP contribution in [-0.2, 0) is 0 Å². The third-order valence-corrected chi connectivity index (χ3v) is 29.1. The second-order valence-corrected chi connectivity index (χ2v) is 36.2. The number of para-hydroxylation sites is 3. The lowest BCUT2D eigenvalue weighted by atomic mass is 9.37. The fourth-order valence-corrected chi connectivity index (χ4v) is 23.6. The topological polar surface area (TPSA) is 201 Å². The lowest BCUT2D eigenvalue weighted by Gasteiger charge is -2.34. The molecular formula is C109H65B3N16O3S3. The van der Waals surface area contributed by atoms with Gasteiger partial charge in [0, 0.05) is 105 Å². The molecule has 3 aliphatic heterocycles. The Morgan fingerprint density at radius 1 is 0.276 bits per heavy atom. The van der Waals surface area contributed by atoms with Crippen molar-refractivity contribution in [2.45, 2.75) is 0 Å². The number of furan rings is 3. The minimum atomic E-state index is -0.259. The summed E-state index contributed by atoms with van der Waals surface area (Å²) in [6, 6.07) is 123. The van der Waals surface area contributed by atoms with E-state index in [1.807, 2.05) is 134 Å². The van der Waals surface area contributed by atoms with Crippen molar-refractivity contribution in [2.24, 2.45) is 0 Å².